The van der Waals surface area contributed by atoms with E-state index >= 15 is 0 Å². The average Bonchev–Trinajstić information content (AvgIpc) is 2.83. The average molecular weight is 282 g/mol. The number of amides is 1. The van der Waals surface area contributed by atoms with Gasteiger partial charge in [-0.15, -0.1) is 0 Å². The molecule has 108 valence electrons. The molecule has 0 atom stereocenters. The normalized spacial score (nSPS) is 9.86. The van der Waals surface area contributed by atoms with Crippen LogP contribution in [-0.2, 0) is 13.6 Å². The van der Waals surface area contributed by atoms with Crippen molar-refractivity contribution in [3.8, 4) is 11.8 Å². The zero-order valence-electron chi connectivity index (χ0n) is 12.2. The van der Waals surface area contributed by atoms with Gasteiger partial charge in [0.15, 0.2) is 0 Å². The molecule has 0 saturated heterocycles. The summed E-state index contributed by atoms with van der Waals surface area (Å²) in [4.78, 5) is 12.2. The van der Waals surface area contributed by atoms with Crippen LogP contribution in [0.15, 0.2) is 36.4 Å². The Hall–Kier alpha value is -2.51. The molecule has 0 unspecified atom stereocenters. The van der Waals surface area contributed by atoms with Gasteiger partial charge in [-0.05, 0) is 30.7 Å². The van der Waals surface area contributed by atoms with Crippen LogP contribution in [-0.4, -0.2) is 22.2 Å². The third-order valence-corrected chi connectivity index (χ3v) is 3.36. The number of carbonyl (C=O) groups is 1. The van der Waals surface area contributed by atoms with E-state index in [9.17, 15) is 4.79 Å². The Morgan fingerprint density at radius 1 is 1.29 bits per heavy atom. The number of nitrogens with one attached hydrogen (secondary N) is 1. The highest BCUT2D eigenvalue weighted by atomic mass is 16.2. The van der Waals surface area contributed by atoms with Gasteiger partial charge in [-0.25, -0.2) is 0 Å². The number of aliphatic hydroxyl groups excluding tert-OH is 1. The summed E-state index contributed by atoms with van der Waals surface area (Å²) in [6.45, 7) is 2.18. The maximum absolute atomic E-state index is 12.2. The molecule has 0 radical (unpaired) electrons. The predicted molar refractivity (Wildman–Crippen MR) is 81.7 cm³/mol. The first kappa shape index (κ1) is 14.9. The minimum absolute atomic E-state index is 0.115. The van der Waals surface area contributed by atoms with Gasteiger partial charge in [0.25, 0.3) is 5.91 Å². The Balaban J connectivity index is 2.10. The molecule has 0 spiro atoms. The van der Waals surface area contributed by atoms with Gasteiger partial charge in [0, 0.05) is 24.8 Å². The lowest BCUT2D eigenvalue weighted by atomic mass is 10.1. The van der Waals surface area contributed by atoms with E-state index in [1.165, 1.54) is 0 Å². The van der Waals surface area contributed by atoms with E-state index in [1.54, 1.807) is 0 Å². The molecule has 4 nitrogen and oxygen atoms in total. The Bertz CT molecular complexity index is 705. The number of aryl methyl sites for hydroxylation is 1. The predicted octanol–water partition coefficient (Wildman–Crippen LogP) is 1.61. The van der Waals surface area contributed by atoms with Gasteiger partial charge in [0.2, 0.25) is 0 Å². The van der Waals surface area contributed by atoms with Crippen LogP contribution in [0, 0.1) is 18.8 Å². The molecule has 0 bridgehead atoms. The van der Waals surface area contributed by atoms with Crippen LogP contribution in [0.2, 0.25) is 0 Å². The lowest BCUT2D eigenvalue weighted by Crippen LogP contribution is -2.25. The van der Waals surface area contributed by atoms with Crippen molar-refractivity contribution in [1.29, 1.82) is 0 Å². The largest absolute Gasteiger partial charge is 0.384 e. The van der Waals surface area contributed by atoms with Crippen LogP contribution in [0.5, 0.6) is 0 Å². The van der Waals surface area contributed by atoms with Crippen LogP contribution >= 0.6 is 0 Å². The van der Waals surface area contributed by atoms with Crippen LogP contribution in [0.1, 0.15) is 27.3 Å². The zero-order chi connectivity index (χ0) is 15.2. The minimum atomic E-state index is -0.177. The van der Waals surface area contributed by atoms with Crippen molar-refractivity contribution in [3.05, 3.63) is 58.9 Å². The minimum Gasteiger partial charge on any atom is -0.384 e. The summed E-state index contributed by atoms with van der Waals surface area (Å²) >= 11 is 0. The molecule has 4 heteroatoms. The van der Waals surface area contributed by atoms with E-state index in [-0.39, 0.29) is 12.5 Å². The van der Waals surface area contributed by atoms with E-state index in [0.717, 1.165) is 16.8 Å². The molecule has 1 aromatic heterocycles. The van der Waals surface area contributed by atoms with Crippen LogP contribution < -0.4 is 5.32 Å². The number of benzene rings is 1. The second-order valence-corrected chi connectivity index (χ2v) is 4.72. The molecule has 1 aromatic carbocycles. The second-order valence-electron chi connectivity index (χ2n) is 4.72. The molecule has 1 heterocycles. The number of nitrogens with zero attached hydrogens (tertiary/aromatic N) is 1. The third-order valence-electron chi connectivity index (χ3n) is 3.36. The van der Waals surface area contributed by atoms with Crippen molar-refractivity contribution >= 4 is 5.91 Å². The van der Waals surface area contributed by atoms with Crippen molar-refractivity contribution < 1.29 is 9.90 Å². The summed E-state index contributed by atoms with van der Waals surface area (Å²) in [5.41, 5.74) is 3.41. The van der Waals surface area contributed by atoms with Gasteiger partial charge < -0.3 is 15.0 Å². The van der Waals surface area contributed by atoms with Gasteiger partial charge in [-0.1, -0.05) is 30.0 Å². The number of aromatic nitrogens is 1. The van der Waals surface area contributed by atoms with Crippen LogP contribution in [0.25, 0.3) is 0 Å². The Morgan fingerprint density at radius 2 is 2.05 bits per heavy atom. The van der Waals surface area contributed by atoms with E-state index < -0.39 is 0 Å². The first-order valence-electron chi connectivity index (χ1n) is 6.71. The number of rotatable bonds is 3. The third kappa shape index (κ3) is 3.53. The maximum Gasteiger partial charge on any atom is 0.268 e. The number of hydrogen-bond donors (Lipinski definition) is 2. The highest BCUT2D eigenvalue weighted by Crippen LogP contribution is 2.09. The standard InChI is InChI=1S/C17H18N2O2/c1-13-9-10-16(19(13)2)17(21)18-12-15-7-4-3-6-14(15)8-5-11-20/h3-4,6-7,9-10,20H,11-12H2,1-2H3,(H,18,21). The molecular weight excluding hydrogens is 264 g/mol. The maximum atomic E-state index is 12.2. The monoisotopic (exact) mass is 282 g/mol. The summed E-state index contributed by atoms with van der Waals surface area (Å²) in [6.07, 6.45) is 0. The fourth-order valence-electron chi connectivity index (χ4n) is 2.04. The van der Waals surface area contributed by atoms with Crippen molar-refractivity contribution in [1.82, 2.24) is 9.88 Å². The fourth-order valence-corrected chi connectivity index (χ4v) is 2.04. The number of carbonyl (C=O) groups excluding carboxylic acids is 1. The molecule has 21 heavy (non-hydrogen) atoms. The van der Waals surface area contributed by atoms with Gasteiger partial charge >= 0.3 is 0 Å². The van der Waals surface area contributed by atoms with Crippen molar-refractivity contribution in [3.63, 3.8) is 0 Å². The molecule has 0 aliphatic rings. The van der Waals surface area contributed by atoms with Crippen LogP contribution in [0.4, 0.5) is 0 Å². The highest BCUT2D eigenvalue weighted by molar-refractivity contribution is 5.92. The zero-order valence-corrected chi connectivity index (χ0v) is 12.2. The van der Waals surface area contributed by atoms with Crippen molar-refractivity contribution in [2.24, 2.45) is 7.05 Å². The topological polar surface area (TPSA) is 54.3 Å². The SMILES string of the molecule is Cc1ccc(C(=O)NCc2ccccc2C#CCO)n1C. The molecule has 2 rings (SSSR count). The highest BCUT2D eigenvalue weighted by Gasteiger charge is 2.10. The Labute approximate surface area is 124 Å². The molecule has 0 fully saturated rings. The van der Waals surface area contributed by atoms with Gasteiger partial charge in [-0.2, -0.15) is 0 Å². The number of hydrogen-bond acceptors (Lipinski definition) is 2. The van der Waals surface area contributed by atoms with Gasteiger partial charge in [0.1, 0.15) is 12.3 Å². The number of aliphatic hydroxyl groups is 1. The lowest BCUT2D eigenvalue weighted by Gasteiger charge is -2.08. The Morgan fingerprint density at radius 3 is 2.71 bits per heavy atom. The first-order valence-corrected chi connectivity index (χ1v) is 6.71. The summed E-state index contributed by atoms with van der Waals surface area (Å²) in [5.74, 6) is 5.40. The Kier molecular flexibility index (Phi) is 4.81. The summed E-state index contributed by atoms with van der Waals surface area (Å²) in [5, 5.41) is 11.7. The van der Waals surface area contributed by atoms with E-state index in [2.05, 4.69) is 17.2 Å². The molecule has 0 saturated carbocycles. The molecular formula is C17H18N2O2. The van der Waals surface area contributed by atoms with Crippen molar-refractivity contribution in [2.45, 2.75) is 13.5 Å². The van der Waals surface area contributed by atoms with Crippen molar-refractivity contribution in [2.75, 3.05) is 6.61 Å². The fraction of sp³-hybridized carbons (Fsp3) is 0.235. The molecule has 2 aromatic rings. The van der Waals surface area contributed by atoms with Crippen LogP contribution in [0.3, 0.4) is 0 Å². The summed E-state index contributed by atoms with van der Waals surface area (Å²) in [7, 11) is 1.87. The molecule has 0 aliphatic heterocycles. The summed E-state index contributed by atoms with van der Waals surface area (Å²) in [6, 6.07) is 11.3. The van der Waals surface area contributed by atoms with Gasteiger partial charge in [0.05, 0.1) is 0 Å². The first-order chi connectivity index (χ1) is 10.1. The van der Waals surface area contributed by atoms with E-state index in [4.69, 9.17) is 5.11 Å². The molecule has 1 amide bonds. The molecule has 0 aliphatic carbocycles. The molecule has 2 N–H and O–H groups in total. The second kappa shape index (κ2) is 6.78. The van der Waals surface area contributed by atoms with E-state index in [1.807, 2.05) is 54.9 Å². The smallest absolute Gasteiger partial charge is 0.268 e. The van der Waals surface area contributed by atoms with Gasteiger partial charge in [-0.3, -0.25) is 4.79 Å². The van der Waals surface area contributed by atoms with E-state index in [0.29, 0.717) is 12.2 Å². The lowest BCUT2D eigenvalue weighted by molar-refractivity contribution is 0.0942. The quantitative estimate of drug-likeness (QED) is 0.840. The summed E-state index contributed by atoms with van der Waals surface area (Å²) < 4.78 is 1.85.